The Hall–Kier alpha value is -2.08. The number of benzene rings is 1. The third-order valence-corrected chi connectivity index (χ3v) is 3.72. The highest BCUT2D eigenvalue weighted by atomic mass is 19.1. The van der Waals surface area contributed by atoms with E-state index >= 15 is 0 Å². The second-order valence-electron chi connectivity index (χ2n) is 5.48. The van der Waals surface area contributed by atoms with Crippen molar-refractivity contribution in [1.29, 1.82) is 0 Å². The van der Waals surface area contributed by atoms with Gasteiger partial charge in [-0.1, -0.05) is 0 Å². The molecule has 0 aliphatic heterocycles. The van der Waals surface area contributed by atoms with Crippen molar-refractivity contribution in [3.05, 3.63) is 29.2 Å². The van der Waals surface area contributed by atoms with Crippen LogP contribution in [0.15, 0.2) is 12.1 Å². The number of hydrogen-bond donors (Lipinski definition) is 0. The second-order valence-corrected chi connectivity index (χ2v) is 5.48. The maximum atomic E-state index is 14.0. The van der Waals surface area contributed by atoms with Gasteiger partial charge in [0.2, 0.25) is 0 Å². The van der Waals surface area contributed by atoms with Crippen LogP contribution in [0.2, 0.25) is 0 Å². The fourth-order valence-electron chi connectivity index (χ4n) is 2.64. The van der Waals surface area contributed by atoms with E-state index in [4.69, 9.17) is 9.47 Å². The van der Waals surface area contributed by atoms with Crippen LogP contribution in [-0.2, 0) is 29.5 Å². The van der Waals surface area contributed by atoms with E-state index in [9.17, 15) is 9.18 Å². The quantitative estimate of drug-likeness (QED) is 0.794. The molecule has 0 saturated carbocycles. The molecule has 120 valence electrons. The first-order valence-electron chi connectivity index (χ1n) is 6.94. The average Bonchev–Trinajstić information content (AvgIpc) is 2.71. The van der Waals surface area contributed by atoms with Gasteiger partial charge in [0.05, 0.1) is 26.2 Å². The fourth-order valence-corrected chi connectivity index (χ4v) is 2.64. The first-order chi connectivity index (χ1) is 10.4. The van der Waals surface area contributed by atoms with Gasteiger partial charge in [-0.3, -0.25) is 4.79 Å². The molecule has 0 N–H and O–H groups in total. The molecule has 2 aromatic rings. The Kier molecular flexibility index (Phi) is 4.71. The summed E-state index contributed by atoms with van der Waals surface area (Å²) in [5.41, 5.74) is 2.53. The Bertz CT molecular complexity index is 707. The number of ether oxygens (including phenoxy) is 2. The van der Waals surface area contributed by atoms with Crippen LogP contribution in [0, 0.1) is 5.82 Å². The van der Waals surface area contributed by atoms with Crippen LogP contribution in [0.25, 0.3) is 10.9 Å². The first kappa shape index (κ1) is 16.3. The van der Waals surface area contributed by atoms with Gasteiger partial charge in [0.15, 0.2) is 11.6 Å². The van der Waals surface area contributed by atoms with Crippen molar-refractivity contribution >= 4 is 16.9 Å². The maximum Gasteiger partial charge on any atom is 0.310 e. The van der Waals surface area contributed by atoms with Crippen molar-refractivity contribution in [3.63, 3.8) is 0 Å². The van der Waals surface area contributed by atoms with Crippen molar-refractivity contribution in [1.82, 2.24) is 9.47 Å². The summed E-state index contributed by atoms with van der Waals surface area (Å²) in [7, 11) is 8.54. The molecule has 0 radical (unpaired) electrons. The summed E-state index contributed by atoms with van der Waals surface area (Å²) in [5, 5.41) is 0.808. The summed E-state index contributed by atoms with van der Waals surface area (Å²) in [6, 6.07) is 3.08. The zero-order valence-electron chi connectivity index (χ0n) is 13.6. The number of fused-ring (bicyclic) bond motifs is 1. The summed E-state index contributed by atoms with van der Waals surface area (Å²) in [4.78, 5) is 13.7. The van der Waals surface area contributed by atoms with Crippen molar-refractivity contribution < 1.29 is 18.7 Å². The molecular weight excluding hydrogens is 287 g/mol. The van der Waals surface area contributed by atoms with E-state index in [1.807, 2.05) is 30.6 Å². The highest BCUT2D eigenvalue weighted by Crippen LogP contribution is 2.32. The van der Waals surface area contributed by atoms with Gasteiger partial charge in [0, 0.05) is 30.7 Å². The molecule has 0 bridgehead atoms. The summed E-state index contributed by atoms with van der Waals surface area (Å²) < 4.78 is 25.7. The summed E-state index contributed by atoms with van der Waals surface area (Å²) in [6.45, 7) is 0.640. The summed E-state index contributed by atoms with van der Waals surface area (Å²) >= 11 is 0. The standard InChI is InChI=1S/C16H21FN2O3/c1-18(2)9-14-11(7-16(20)22-5)10-6-15(21-4)12(17)8-13(10)19(14)3/h6,8H,7,9H2,1-5H3. The molecule has 0 atom stereocenters. The third-order valence-electron chi connectivity index (χ3n) is 3.72. The lowest BCUT2D eigenvalue weighted by molar-refractivity contribution is -0.139. The molecule has 1 aromatic carbocycles. The van der Waals surface area contributed by atoms with Crippen LogP contribution in [0.5, 0.6) is 5.75 Å². The highest BCUT2D eigenvalue weighted by Gasteiger charge is 2.20. The van der Waals surface area contributed by atoms with Gasteiger partial charge in [-0.05, 0) is 25.7 Å². The van der Waals surface area contributed by atoms with Gasteiger partial charge in [-0.25, -0.2) is 4.39 Å². The van der Waals surface area contributed by atoms with Crippen LogP contribution >= 0.6 is 0 Å². The molecule has 0 spiro atoms. The maximum absolute atomic E-state index is 14.0. The van der Waals surface area contributed by atoms with Gasteiger partial charge in [-0.2, -0.15) is 0 Å². The average molecular weight is 308 g/mol. The smallest absolute Gasteiger partial charge is 0.310 e. The summed E-state index contributed by atoms with van der Waals surface area (Å²) in [6.07, 6.45) is 0.145. The van der Waals surface area contributed by atoms with Crippen LogP contribution in [0.4, 0.5) is 4.39 Å². The van der Waals surface area contributed by atoms with Crippen LogP contribution in [0.1, 0.15) is 11.3 Å². The molecule has 1 heterocycles. The molecule has 5 nitrogen and oxygen atoms in total. The van der Waals surface area contributed by atoms with Gasteiger partial charge in [-0.15, -0.1) is 0 Å². The van der Waals surface area contributed by atoms with E-state index in [-0.39, 0.29) is 18.1 Å². The second kappa shape index (κ2) is 6.36. The van der Waals surface area contributed by atoms with Gasteiger partial charge >= 0.3 is 5.97 Å². The predicted molar refractivity (Wildman–Crippen MR) is 82.5 cm³/mol. The summed E-state index contributed by atoms with van der Waals surface area (Å²) in [5.74, 6) is -0.576. The van der Waals surface area contributed by atoms with Crippen molar-refractivity contribution in [2.45, 2.75) is 13.0 Å². The molecule has 0 saturated heterocycles. The van der Waals surface area contributed by atoms with Crippen LogP contribution in [0.3, 0.4) is 0 Å². The van der Waals surface area contributed by atoms with Gasteiger partial charge in [0.1, 0.15) is 0 Å². The number of hydrogen-bond acceptors (Lipinski definition) is 4. The van der Waals surface area contributed by atoms with E-state index in [1.165, 1.54) is 20.3 Å². The number of carbonyl (C=O) groups excluding carboxylic acids is 1. The number of aromatic nitrogens is 1. The third kappa shape index (κ3) is 2.92. The zero-order chi connectivity index (χ0) is 16.4. The van der Waals surface area contributed by atoms with Crippen LogP contribution < -0.4 is 4.74 Å². The lowest BCUT2D eigenvalue weighted by atomic mass is 10.1. The van der Waals surface area contributed by atoms with Gasteiger partial charge < -0.3 is 18.9 Å². The minimum absolute atomic E-state index is 0.145. The molecule has 0 fully saturated rings. The first-order valence-corrected chi connectivity index (χ1v) is 6.94. The number of rotatable bonds is 5. The SMILES string of the molecule is COC(=O)Cc1c(CN(C)C)n(C)c2cc(F)c(OC)cc12. The van der Waals surface area contributed by atoms with E-state index in [0.717, 1.165) is 22.2 Å². The molecule has 6 heteroatoms. The molecule has 0 unspecified atom stereocenters. The number of methoxy groups -OCH3 is 2. The number of carbonyl (C=O) groups is 1. The van der Waals surface area contributed by atoms with Gasteiger partial charge in [0.25, 0.3) is 0 Å². The minimum Gasteiger partial charge on any atom is -0.494 e. The lowest BCUT2D eigenvalue weighted by Crippen LogP contribution is -2.16. The monoisotopic (exact) mass is 308 g/mol. The van der Waals surface area contributed by atoms with E-state index in [1.54, 1.807) is 6.07 Å². The number of aryl methyl sites for hydroxylation is 1. The van der Waals surface area contributed by atoms with Crippen molar-refractivity contribution in [2.75, 3.05) is 28.3 Å². The molecule has 0 aliphatic rings. The number of halogens is 1. The Balaban J connectivity index is 2.71. The number of esters is 1. The normalized spacial score (nSPS) is 11.2. The largest absolute Gasteiger partial charge is 0.494 e. The Labute approximate surface area is 129 Å². The molecule has 2 rings (SSSR count). The molecule has 0 amide bonds. The highest BCUT2D eigenvalue weighted by molar-refractivity contribution is 5.90. The van der Waals surface area contributed by atoms with E-state index < -0.39 is 5.82 Å². The molecular formula is C16H21FN2O3. The topological polar surface area (TPSA) is 43.7 Å². The fraction of sp³-hybridized carbons (Fsp3) is 0.438. The number of nitrogens with zero attached hydrogens (tertiary/aromatic N) is 2. The molecule has 22 heavy (non-hydrogen) atoms. The molecule has 0 aliphatic carbocycles. The minimum atomic E-state index is -0.420. The lowest BCUT2D eigenvalue weighted by Gasteiger charge is -2.13. The van der Waals surface area contributed by atoms with Crippen LogP contribution in [-0.4, -0.2) is 43.8 Å². The Morgan fingerprint density at radius 1 is 1.32 bits per heavy atom. The zero-order valence-corrected chi connectivity index (χ0v) is 13.6. The van der Waals surface area contributed by atoms with Crippen molar-refractivity contribution in [3.8, 4) is 5.75 Å². The van der Waals surface area contributed by atoms with Crippen molar-refractivity contribution in [2.24, 2.45) is 7.05 Å². The van der Waals surface area contributed by atoms with E-state index in [2.05, 4.69) is 0 Å². The Morgan fingerprint density at radius 2 is 2.00 bits per heavy atom. The predicted octanol–water partition coefficient (Wildman–Crippen LogP) is 2.10. The molecule has 1 aromatic heterocycles. The van der Waals surface area contributed by atoms with E-state index in [0.29, 0.717) is 6.54 Å². The Morgan fingerprint density at radius 3 is 2.55 bits per heavy atom.